The van der Waals surface area contributed by atoms with Crippen LogP contribution in [0.15, 0.2) is 47.8 Å². The van der Waals surface area contributed by atoms with Crippen molar-refractivity contribution < 1.29 is 14.3 Å². The van der Waals surface area contributed by atoms with E-state index in [9.17, 15) is 4.79 Å². The molecule has 0 unspecified atom stereocenters. The van der Waals surface area contributed by atoms with Gasteiger partial charge in [0.2, 0.25) is 0 Å². The average Bonchev–Trinajstić information content (AvgIpc) is 3.12. The van der Waals surface area contributed by atoms with Crippen LogP contribution in [0, 0.1) is 0 Å². The topological polar surface area (TPSA) is 60.5 Å². The van der Waals surface area contributed by atoms with E-state index < -0.39 is 6.10 Å². The number of carbonyl (C=O) groups is 1. The minimum absolute atomic E-state index is 0.323. The number of anilines is 1. The molecule has 3 rings (SSSR count). The molecule has 1 aromatic heterocycles. The zero-order valence-corrected chi connectivity index (χ0v) is 16.9. The molecule has 0 saturated heterocycles. The van der Waals surface area contributed by atoms with E-state index in [2.05, 4.69) is 10.3 Å². The molecule has 1 N–H and O–H groups in total. The predicted octanol–water partition coefficient (Wildman–Crippen LogP) is 5.53. The first-order valence-corrected chi connectivity index (χ1v) is 9.62. The first-order chi connectivity index (χ1) is 13.0. The zero-order valence-electron chi connectivity index (χ0n) is 14.5. The van der Waals surface area contributed by atoms with Crippen LogP contribution in [-0.2, 0) is 4.79 Å². The molecule has 0 saturated carbocycles. The molecule has 0 aliphatic heterocycles. The fraction of sp³-hybridized carbons (Fsp3) is 0.158. The van der Waals surface area contributed by atoms with Gasteiger partial charge in [0.1, 0.15) is 11.5 Å². The number of thiazole rings is 1. The van der Waals surface area contributed by atoms with E-state index in [0.29, 0.717) is 20.9 Å². The zero-order chi connectivity index (χ0) is 19.4. The number of halogens is 2. The summed E-state index contributed by atoms with van der Waals surface area (Å²) in [6, 6.07) is 12.4. The lowest BCUT2D eigenvalue weighted by atomic mass is 10.2. The number of nitrogens with zero attached hydrogens (tertiary/aromatic N) is 1. The Hall–Kier alpha value is -2.28. The van der Waals surface area contributed by atoms with Crippen LogP contribution < -0.4 is 14.8 Å². The molecular formula is C19H16Cl2N2O3S. The lowest BCUT2D eigenvalue weighted by Gasteiger charge is -2.14. The van der Waals surface area contributed by atoms with Gasteiger partial charge in [0, 0.05) is 16.0 Å². The molecule has 140 valence electrons. The van der Waals surface area contributed by atoms with Crippen molar-refractivity contribution in [3.63, 3.8) is 0 Å². The first kappa shape index (κ1) is 19.5. The van der Waals surface area contributed by atoms with E-state index in [-0.39, 0.29) is 5.91 Å². The van der Waals surface area contributed by atoms with E-state index in [1.165, 1.54) is 11.3 Å². The average molecular weight is 423 g/mol. The molecule has 1 amide bonds. The fourth-order valence-corrected chi connectivity index (χ4v) is 3.42. The fourth-order valence-electron chi connectivity index (χ4n) is 2.25. The molecule has 0 aliphatic carbocycles. The number of methoxy groups -OCH3 is 1. The van der Waals surface area contributed by atoms with Crippen LogP contribution in [-0.4, -0.2) is 24.1 Å². The van der Waals surface area contributed by atoms with Gasteiger partial charge in [-0.15, -0.1) is 11.3 Å². The van der Waals surface area contributed by atoms with Crippen molar-refractivity contribution in [3.05, 3.63) is 57.9 Å². The van der Waals surface area contributed by atoms with E-state index in [1.54, 1.807) is 32.2 Å². The Bertz CT molecular complexity index is 944. The van der Waals surface area contributed by atoms with Crippen molar-refractivity contribution in [2.75, 3.05) is 12.4 Å². The van der Waals surface area contributed by atoms with Gasteiger partial charge in [-0.05, 0) is 49.4 Å². The smallest absolute Gasteiger partial charge is 0.266 e. The molecule has 2 aromatic carbocycles. The Morgan fingerprint density at radius 2 is 1.93 bits per heavy atom. The van der Waals surface area contributed by atoms with Crippen molar-refractivity contribution in [1.82, 2.24) is 4.98 Å². The summed E-state index contributed by atoms with van der Waals surface area (Å²) >= 11 is 13.3. The number of carbonyl (C=O) groups excluding carboxylic acids is 1. The van der Waals surface area contributed by atoms with Crippen molar-refractivity contribution >= 4 is 45.6 Å². The third-order valence-electron chi connectivity index (χ3n) is 3.69. The van der Waals surface area contributed by atoms with Gasteiger partial charge < -0.3 is 9.47 Å². The van der Waals surface area contributed by atoms with Gasteiger partial charge in [0.15, 0.2) is 11.2 Å². The largest absolute Gasteiger partial charge is 0.497 e. The summed E-state index contributed by atoms with van der Waals surface area (Å²) in [5.74, 6) is 0.841. The molecule has 0 radical (unpaired) electrons. The molecule has 1 atom stereocenters. The number of nitrogens with one attached hydrogen (secondary N) is 1. The number of rotatable bonds is 6. The highest BCUT2D eigenvalue weighted by molar-refractivity contribution is 7.14. The summed E-state index contributed by atoms with van der Waals surface area (Å²) in [7, 11) is 1.62. The molecule has 5 nitrogen and oxygen atoms in total. The monoisotopic (exact) mass is 422 g/mol. The highest BCUT2D eigenvalue weighted by Crippen LogP contribution is 2.29. The molecule has 0 aliphatic rings. The third kappa shape index (κ3) is 4.91. The Kier molecular flexibility index (Phi) is 6.21. The Labute approximate surface area is 170 Å². The van der Waals surface area contributed by atoms with Gasteiger partial charge in [-0.25, -0.2) is 4.98 Å². The Balaban J connectivity index is 1.64. The second-order valence-corrected chi connectivity index (χ2v) is 7.29. The van der Waals surface area contributed by atoms with Gasteiger partial charge in [-0.1, -0.05) is 23.2 Å². The highest BCUT2D eigenvalue weighted by atomic mass is 35.5. The lowest BCUT2D eigenvalue weighted by Crippen LogP contribution is -2.30. The lowest BCUT2D eigenvalue weighted by molar-refractivity contribution is -0.122. The standard InChI is InChI=1S/C19H16Cl2N2O3S/c1-11(26-17-8-5-13(20)9-15(17)21)18(24)23-19-22-16(10-27-19)12-3-6-14(25-2)7-4-12/h3-11H,1-2H3,(H,22,23,24)/t11-/m1/s1. The molecule has 0 bridgehead atoms. The summed E-state index contributed by atoms with van der Waals surface area (Å²) < 4.78 is 10.8. The van der Waals surface area contributed by atoms with Crippen LogP contribution in [0.25, 0.3) is 11.3 Å². The minimum Gasteiger partial charge on any atom is -0.497 e. The molecule has 1 heterocycles. The van der Waals surface area contributed by atoms with Crippen LogP contribution in [0.3, 0.4) is 0 Å². The minimum atomic E-state index is -0.753. The maximum atomic E-state index is 12.4. The van der Waals surface area contributed by atoms with E-state index in [1.807, 2.05) is 29.6 Å². The number of aromatic nitrogens is 1. The number of hydrogen-bond donors (Lipinski definition) is 1. The normalized spacial score (nSPS) is 11.7. The SMILES string of the molecule is COc1ccc(-c2csc(NC(=O)[C@@H](C)Oc3ccc(Cl)cc3Cl)n2)cc1. The number of hydrogen-bond acceptors (Lipinski definition) is 5. The summed E-state index contributed by atoms with van der Waals surface area (Å²) in [5, 5.41) is 5.96. The molecular weight excluding hydrogens is 407 g/mol. The quantitative estimate of drug-likeness (QED) is 0.566. The second-order valence-electron chi connectivity index (χ2n) is 5.59. The van der Waals surface area contributed by atoms with Crippen molar-refractivity contribution in [1.29, 1.82) is 0 Å². The Morgan fingerprint density at radius 1 is 1.19 bits per heavy atom. The van der Waals surface area contributed by atoms with Gasteiger partial charge in [0.25, 0.3) is 5.91 Å². The van der Waals surface area contributed by atoms with Crippen LogP contribution in [0.1, 0.15) is 6.92 Å². The molecule has 3 aromatic rings. The maximum absolute atomic E-state index is 12.4. The van der Waals surface area contributed by atoms with Gasteiger partial charge in [-0.2, -0.15) is 0 Å². The summed E-state index contributed by atoms with van der Waals surface area (Å²) in [6.07, 6.45) is -0.753. The molecule has 0 fully saturated rings. The van der Waals surface area contributed by atoms with Gasteiger partial charge in [0.05, 0.1) is 17.8 Å². The summed E-state index contributed by atoms with van der Waals surface area (Å²) in [5.41, 5.74) is 1.71. The summed E-state index contributed by atoms with van der Waals surface area (Å²) in [6.45, 7) is 1.64. The highest BCUT2D eigenvalue weighted by Gasteiger charge is 2.18. The molecule has 8 heteroatoms. The van der Waals surface area contributed by atoms with Crippen molar-refractivity contribution in [2.24, 2.45) is 0 Å². The van der Waals surface area contributed by atoms with Crippen LogP contribution in [0.2, 0.25) is 10.0 Å². The third-order valence-corrected chi connectivity index (χ3v) is 4.98. The number of benzene rings is 2. The molecule has 27 heavy (non-hydrogen) atoms. The van der Waals surface area contributed by atoms with E-state index >= 15 is 0 Å². The Morgan fingerprint density at radius 3 is 2.59 bits per heavy atom. The van der Waals surface area contributed by atoms with Crippen molar-refractivity contribution in [2.45, 2.75) is 13.0 Å². The van der Waals surface area contributed by atoms with Crippen LogP contribution in [0.5, 0.6) is 11.5 Å². The molecule has 0 spiro atoms. The van der Waals surface area contributed by atoms with E-state index in [0.717, 1.165) is 17.0 Å². The number of amides is 1. The number of ether oxygens (including phenoxy) is 2. The maximum Gasteiger partial charge on any atom is 0.266 e. The van der Waals surface area contributed by atoms with Crippen LogP contribution >= 0.6 is 34.5 Å². The van der Waals surface area contributed by atoms with Crippen LogP contribution in [0.4, 0.5) is 5.13 Å². The van der Waals surface area contributed by atoms with Gasteiger partial charge in [-0.3, -0.25) is 10.1 Å². The predicted molar refractivity (Wildman–Crippen MR) is 109 cm³/mol. The van der Waals surface area contributed by atoms with Gasteiger partial charge >= 0.3 is 0 Å². The first-order valence-electron chi connectivity index (χ1n) is 7.99. The summed E-state index contributed by atoms with van der Waals surface area (Å²) in [4.78, 5) is 16.8. The second kappa shape index (κ2) is 8.61. The van der Waals surface area contributed by atoms with E-state index in [4.69, 9.17) is 32.7 Å². The van der Waals surface area contributed by atoms with Crippen molar-refractivity contribution in [3.8, 4) is 22.8 Å².